The third kappa shape index (κ3) is 1.50. The molecule has 1 aromatic carbocycles. The molecule has 2 heterocycles. The molecule has 0 atom stereocenters. The highest BCUT2D eigenvalue weighted by Gasteiger charge is 2.06. The molecule has 0 amide bonds. The lowest BCUT2D eigenvalue weighted by Crippen LogP contribution is -1.89. The number of aromatic nitrogens is 4. The lowest BCUT2D eigenvalue weighted by Gasteiger charge is -1.93. The molecule has 2 aromatic heterocycles. The molecule has 0 fully saturated rings. The molecule has 0 spiro atoms. The van der Waals surface area contributed by atoms with Crippen molar-refractivity contribution in [2.75, 3.05) is 0 Å². The van der Waals surface area contributed by atoms with Crippen LogP contribution < -0.4 is 0 Å². The first kappa shape index (κ1) is 8.55. The predicted molar refractivity (Wildman–Crippen MR) is 58.8 cm³/mol. The average molecular weight is 216 g/mol. The molecule has 0 saturated carbocycles. The lowest BCUT2D eigenvalue weighted by molar-refractivity contribution is 0.881. The Morgan fingerprint density at radius 2 is 2.20 bits per heavy atom. The maximum Gasteiger partial charge on any atom is 0.178 e. The third-order valence-electron chi connectivity index (χ3n) is 2.30. The first-order valence-electron chi connectivity index (χ1n) is 4.61. The minimum absolute atomic E-state index is 0.735. The molecule has 4 nitrogen and oxygen atoms in total. The van der Waals surface area contributed by atoms with Gasteiger partial charge in [-0.05, 0) is 22.4 Å². The van der Waals surface area contributed by atoms with E-state index in [2.05, 4.69) is 50.3 Å². The molecule has 0 aliphatic carbocycles. The van der Waals surface area contributed by atoms with Crippen LogP contribution in [0.4, 0.5) is 0 Å². The molecule has 74 valence electrons. The van der Waals surface area contributed by atoms with Crippen molar-refractivity contribution < 1.29 is 0 Å². The Kier molecular flexibility index (Phi) is 1.96. The van der Waals surface area contributed by atoms with Gasteiger partial charge in [-0.2, -0.15) is 5.21 Å². The zero-order chi connectivity index (χ0) is 10.1. The van der Waals surface area contributed by atoms with E-state index in [9.17, 15) is 0 Å². The van der Waals surface area contributed by atoms with Crippen molar-refractivity contribution in [2.24, 2.45) is 0 Å². The second-order valence-electron chi connectivity index (χ2n) is 3.26. The Morgan fingerprint density at radius 1 is 1.27 bits per heavy atom. The fourth-order valence-corrected chi connectivity index (χ4v) is 2.56. The van der Waals surface area contributed by atoms with Crippen LogP contribution in [0.5, 0.6) is 0 Å². The SMILES string of the molecule is c1ccc2c(Cc3nn[nH]n3)csc2c1. The standard InChI is InChI=1S/C10H8N4S/c1-2-4-9-8(3-1)7(6-15-9)5-10-11-13-14-12-10/h1-4,6H,5H2,(H,11,12,13,14). The molecule has 0 aliphatic rings. The maximum atomic E-state index is 3.96. The number of tetrazole rings is 1. The Hall–Kier alpha value is -1.75. The topological polar surface area (TPSA) is 54.5 Å². The summed E-state index contributed by atoms with van der Waals surface area (Å²) in [5, 5.41) is 17.4. The molecule has 15 heavy (non-hydrogen) atoms. The lowest BCUT2D eigenvalue weighted by atomic mass is 10.1. The van der Waals surface area contributed by atoms with Gasteiger partial charge in [-0.15, -0.1) is 21.5 Å². The summed E-state index contributed by atoms with van der Waals surface area (Å²) < 4.78 is 1.30. The number of thiophene rings is 1. The minimum Gasteiger partial charge on any atom is -0.177 e. The van der Waals surface area contributed by atoms with E-state index in [1.54, 1.807) is 11.3 Å². The van der Waals surface area contributed by atoms with E-state index in [0.29, 0.717) is 0 Å². The summed E-state index contributed by atoms with van der Waals surface area (Å²) >= 11 is 1.75. The van der Waals surface area contributed by atoms with Gasteiger partial charge in [0.15, 0.2) is 5.82 Å². The molecule has 0 aliphatic heterocycles. The van der Waals surface area contributed by atoms with Crippen LogP contribution in [0.2, 0.25) is 0 Å². The summed E-state index contributed by atoms with van der Waals surface area (Å²) in [5.41, 5.74) is 1.26. The second kappa shape index (κ2) is 3.43. The summed E-state index contributed by atoms with van der Waals surface area (Å²) in [6, 6.07) is 8.35. The van der Waals surface area contributed by atoms with Crippen LogP contribution in [0, 0.1) is 0 Å². The van der Waals surface area contributed by atoms with Gasteiger partial charge in [0.05, 0.1) is 0 Å². The van der Waals surface area contributed by atoms with E-state index < -0.39 is 0 Å². The van der Waals surface area contributed by atoms with E-state index in [1.165, 1.54) is 15.6 Å². The van der Waals surface area contributed by atoms with Crippen molar-refractivity contribution in [1.82, 2.24) is 20.6 Å². The monoisotopic (exact) mass is 216 g/mol. The number of hydrogen-bond donors (Lipinski definition) is 1. The van der Waals surface area contributed by atoms with E-state index >= 15 is 0 Å². The van der Waals surface area contributed by atoms with Crippen molar-refractivity contribution in [1.29, 1.82) is 0 Å². The smallest absolute Gasteiger partial charge is 0.177 e. The highest BCUT2D eigenvalue weighted by atomic mass is 32.1. The minimum atomic E-state index is 0.735. The zero-order valence-electron chi connectivity index (χ0n) is 7.84. The van der Waals surface area contributed by atoms with Gasteiger partial charge in [-0.1, -0.05) is 23.4 Å². The number of aromatic amines is 1. The molecule has 0 bridgehead atoms. The third-order valence-corrected chi connectivity index (χ3v) is 3.31. The van der Waals surface area contributed by atoms with Gasteiger partial charge < -0.3 is 0 Å². The second-order valence-corrected chi connectivity index (χ2v) is 4.17. The van der Waals surface area contributed by atoms with E-state index in [4.69, 9.17) is 0 Å². The highest BCUT2D eigenvalue weighted by Crippen LogP contribution is 2.26. The average Bonchev–Trinajstić information content (AvgIpc) is 2.89. The van der Waals surface area contributed by atoms with Crippen molar-refractivity contribution in [3.63, 3.8) is 0 Å². The van der Waals surface area contributed by atoms with Crippen LogP contribution in [0.25, 0.3) is 10.1 Å². The largest absolute Gasteiger partial charge is 0.178 e. The Balaban J connectivity index is 2.05. The molecular weight excluding hydrogens is 208 g/mol. The van der Waals surface area contributed by atoms with Gasteiger partial charge in [0.1, 0.15) is 0 Å². The van der Waals surface area contributed by atoms with Crippen molar-refractivity contribution in [3.05, 3.63) is 41.0 Å². The van der Waals surface area contributed by atoms with Crippen LogP contribution in [-0.4, -0.2) is 20.6 Å². The first-order valence-corrected chi connectivity index (χ1v) is 5.49. The van der Waals surface area contributed by atoms with Crippen molar-refractivity contribution in [2.45, 2.75) is 6.42 Å². The highest BCUT2D eigenvalue weighted by molar-refractivity contribution is 7.17. The number of fused-ring (bicyclic) bond motifs is 1. The fraction of sp³-hybridized carbons (Fsp3) is 0.100. The van der Waals surface area contributed by atoms with Crippen LogP contribution >= 0.6 is 11.3 Å². The van der Waals surface area contributed by atoms with Crippen molar-refractivity contribution >= 4 is 21.4 Å². The van der Waals surface area contributed by atoms with Crippen LogP contribution in [-0.2, 0) is 6.42 Å². The molecule has 0 radical (unpaired) electrons. The molecule has 3 rings (SSSR count). The predicted octanol–water partition coefficient (Wildman–Crippen LogP) is 2.01. The first-order chi connectivity index (χ1) is 7.43. The Labute approximate surface area is 89.9 Å². The number of benzene rings is 1. The van der Waals surface area contributed by atoms with E-state index in [0.717, 1.165) is 12.2 Å². The fourth-order valence-electron chi connectivity index (χ4n) is 1.60. The normalized spacial score (nSPS) is 10.9. The summed E-state index contributed by atoms with van der Waals surface area (Å²) in [5.74, 6) is 0.735. The summed E-state index contributed by atoms with van der Waals surface area (Å²) in [7, 11) is 0. The number of hydrogen-bond acceptors (Lipinski definition) is 4. The van der Waals surface area contributed by atoms with E-state index in [-0.39, 0.29) is 0 Å². The van der Waals surface area contributed by atoms with Gasteiger partial charge in [0.25, 0.3) is 0 Å². The summed E-state index contributed by atoms with van der Waals surface area (Å²) in [6.07, 6.45) is 0.737. The van der Waals surface area contributed by atoms with Crippen LogP contribution in [0.15, 0.2) is 29.6 Å². The molecule has 1 N–H and O–H groups in total. The summed E-state index contributed by atoms with van der Waals surface area (Å²) in [4.78, 5) is 0. The van der Waals surface area contributed by atoms with Gasteiger partial charge in [0, 0.05) is 11.1 Å². The Morgan fingerprint density at radius 3 is 3.07 bits per heavy atom. The van der Waals surface area contributed by atoms with Gasteiger partial charge in [0.2, 0.25) is 0 Å². The molecule has 5 heteroatoms. The number of nitrogens with zero attached hydrogens (tertiary/aromatic N) is 3. The summed E-state index contributed by atoms with van der Waals surface area (Å²) in [6.45, 7) is 0. The van der Waals surface area contributed by atoms with Gasteiger partial charge in [-0.3, -0.25) is 0 Å². The number of rotatable bonds is 2. The van der Waals surface area contributed by atoms with Crippen LogP contribution in [0.1, 0.15) is 11.4 Å². The van der Waals surface area contributed by atoms with E-state index in [1.807, 2.05) is 0 Å². The molecule has 0 saturated heterocycles. The van der Waals surface area contributed by atoms with Gasteiger partial charge >= 0.3 is 0 Å². The molecular formula is C10H8N4S. The number of nitrogens with one attached hydrogen (secondary N) is 1. The van der Waals surface area contributed by atoms with Crippen molar-refractivity contribution in [3.8, 4) is 0 Å². The van der Waals surface area contributed by atoms with Gasteiger partial charge in [-0.25, -0.2) is 0 Å². The maximum absolute atomic E-state index is 3.96. The molecule has 0 unspecified atom stereocenters. The quantitative estimate of drug-likeness (QED) is 0.712. The molecule has 3 aromatic rings. The number of H-pyrrole nitrogens is 1. The Bertz CT molecular complexity index is 570. The zero-order valence-corrected chi connectivity index (χ0v) is 8.66. The van der Waals surface area contributed by atoms with Crippen LogP contribution in [0.3, 0.4) is 0 Å².